The second kappa shape index (κ2) is 15.3. The summed E-state index contributed by atoms with van der Waals surface area (Å²) in [5, 5.41) is -0.326. The third kappa shape index (κ3) is 8.70. The molecule has 1 aliphatic carbocycles. The second-order valence-electron chi connectivity index (χ2n) is 10.2. The lowest BCUT2D eigenvalue weighted by Crippen LogP contribution is -2.40. The Kier molecular flexibility index (Phi) is 6.64. The lowest BCUT2D eigenvalue weighted by Gasteiger charge is -2.28. The number of fused-ring (bicyclic) bond motifs is 1. The van der Waals surface area contributed by atoms with Gasteiger partial charge in [0.1, 0.15) is 12.4 Å². The van der Waals surface area contributed by atoms with Crippen molar-refractivity contribution >= 4 is 17.7 Å². The van der Waals surface area contributed by atoms with Crippen LogP contribution in [0.5, 0.6) is 0 Å². The Bertz CT molecular complexity index is 2390. The van der Waals surface area contributed by atoms with Crippen LogP contribution in [0.15, 0.2) is 82.6 Å². The molecule has 0 radical (unpaired) electrons. The number of halogens is 4. The molecule has 6 nitrogen and oxygen atoms in total. The molecule has 0 saturated carbocycles. The molecule has 1 amide bonds. The Balaban J connectivity index is 1.66. The molecular formula is C36H38F4N4O2S. The molecule has 0 bridgehead atoms. The number of carbonyl (C=O) groups excluding carboxylic acids is 1. The number of thioether (sulfide) groups is 1. The summed E-state index contributed by atoms with van der Waals surface area (Å²) in [5.41, 5.74) is -6.60. The number of nitrogens with zero attached hydrogens (tertiary/aromatic N) is 4. The van der Waals surface area contributed by atoms with Gasteiger partial charge < -0.3 is 14.4 Å². The Hall–Kier alpha value is -3.96. The summed E-state index contributed by atoms with van der Waals surface area (Å²) in [6.45, 7) is 3.01. The Morgan fingerprint density at radius 1 is 0.957 bits per heavy atom. The van der Waals surface area contributed by atoms with E-state index < -0.39 is 138 Å². The average Bonchev–Trinajstić information content (AvgIpc) is 3.29. The van der Waals surface area contributed by atoms with Crippen molar-refractivity contribution < 1.29 is 41.5 Å². The molecule has 1 aromatic heterocycles. The van der Waals surface area contributed by atoms with Gasteiger partial charge in [-0.25, -0.2) is 4.39 Å². The normalized spacial score (nSPS) is 20.3. The van der Waals surface area contributed by atoms with Crippen molar-refractivity contribution in [2.24, 2.45) is 0 Å². The zero-order valence-corrected chi connectivity index (χ0v) is 26.1. The molecule has 0 saturated heterocycles. The Morgan fingerprint density at radius 2 is 1.60 bits per heavy atom. The maximum Gasteiger partial charge on any atom is 0.416 e. The fourth-order valence-corrected chi connectivity index (χ4v) is 5.51. The summed E-state index contributed by atoms with van der Waals surface area (Å²) in [7, 11) is 0. The van der Waals surface area contributed by atoms with E-state index in [0.29, 0.717) is 18.7 Å². The lowest BCUT2D eigenvalue weighted by molar-refractivity contribution is -0.137. The standard InChI is InChI=1S/C36H38F4N4O2S/c1-3-42(4-2)20-21-43(22-25-8-12-27(13-9-25)28-14-16-29(17-15-28)36(38,39)40)33(45)23-44-32-7-5-6-31(32)34(46)41-35(44)47-24-26-10-18-30(37)19-11-26/h8-19H,3-7,20-24H2,1-2H3/i5D2,6D2,7D2,8D,9D,12D,13D,14D,15D,16D,17D. The SMILES string of the molecule is [2H]c1c([2H])c(-c2c([2H])c([2H])c(C(F)(F)F)c([2H])c2[2H])c([2H])c([2H])c1CN(CCN(CC)CC)C(=O)Cn1c(SCc2ccc(F)cc2)nc(=O)c2c1C([2H])([2H])C([2H])([2H])C2([2H])[2H]. The molecule has 47 heavy (non-hydrogen) atoms. The van der Waals surface area contributed by atoms with Crippen LogP contribution in [0.25, 0.3) is 11.1 Å². The van der Waals surface area contributed by atoms with Gasteiger partial charge in [-0.2, -0.15) is 18.2 Å². The highest BCUT2D eigenvalue weighted by Gasteiger charge is 2.30. The van der Waals surface area contributed by atoms with Gasteiger partial charge in [-0.3, -0.25) is 9.59 Å². The monoisotopic (exact) mass is 680 g/mol. The van der Waals surface area contributed by atoms with Crippen LogP contribution in [-0.4, -0.2) is 51.4 Å². The fourth-order valence-electron chi connectivity index (χ4n) is 4.56. The molecule has 1 heterocycles. The van der Waals surface area contributed by atoms with Crippen molar-refractivity contribution in [1.29, 1.82) is 0 Å². The van der Waals surface area contributed by atoms with Crippen LogP contribution in [0.3, 0.4) is 0 Å². The summed E-state index contributed by atoms with van der Waals surface area (Å²) in [6, 6.07) is -3.97. The summed E-state index contributed by atoms with van der Waals surface area (Å²) < 4.78 is 175. The number of alkyl halides is 3. The van der Waals surface area contributed by atoms with Crippen LogP contribution in [0.1, 0.15) is 67.4 Å². The first kappa shape index (κ1) is 20.4. The third-order valence-corrected chi connectivity index (χ3v) is 8.26. The van der Waals surface area contributed by atoms with E-state index in [9.17, 15) is 27.2 Å². The van der Waals surface area contributed by atoms with Gasteiger partial charge in [0.25, 0.3) is 5.56 Å². The topological polar surface area (TPSA) is 58.4 Å². The number of amides is 1. The molecule has 1 aliphatic rings. The molecule has 0 fully saturated rings. The van der Waals surface area contributed by atoms with E-state index in [-0.39, 0.29) is 24.0 Å². The third-order valence-electron chi connectivity index (χ3n) is 7.21. The highest BCUT2D eigenvalue weighted by molar-refractivity contribution is 7.98. The molecule has 0 unspecified atom stereocenters. The van der Waals surface area contributed by atoms with E-state index >= 15 is 0 Å². The second-order valence-corrected chi connectivity index (χ2v) is 11.2. The molecule has 0 spiro atoms. The molecule has 0 aliphatic heterocycles. The van der Waals surface area contributed by atoms with Gasteiger partial charge >= 0.3 is 6.18 Å². The molecule has 0 N–H and O–H groups in total. The van der Waals surface area contributed by atoms with Crippen LogP contribution in [-0.2, 0) is 42.6 Å². The molecule has 0 atom stereocenters. The maximum absolute atomic E-state index is 14.6. The van der Waals surface area contributed by atoms with Crippen molar-refractivity contribution in [3.8, 4) is 11.1 Å². The van der Waals surface area contributed by atoms with Crippen LogP contribution in [0, 0.1) is 5.82 Å². The van der Waals surface area contributed by atoms with E-state index in [0.717, 1.165) is 33.4 Å². The van der Waals surface area contributed by atoms with Gasteiger partial charge in [-0.15, -0.1) is 0 Å². The van der Waals surface area contributed by atoms with Crippen molar-refractivity contribution in [3.63, 3.8) is 0 Å². The Morgan fingerprint density at radius 3 is 2.21 bits per heavy atom. The van der Waals surface area contributed by atoms with Crippen LogP contribution in [0.4, 0.5) is 17.6 Å². The first-order chi connectivity index (χ1) is 28.2. The van der Waals surface area contributed by atoms with Crippen molar-refractivity contribution in [3.05, 3.63) is 117 Å². The number of hydrogen-bond donors (Lipinski definition) is 0. The minimum atomic E-state index is -5.30. The molecule has 5 rings (SSSR count). The summed E-state index contributed by atoms with van der Waals surface area (Å²) in [5.74, 6) is -1.49. The van der Waals surface area contributed by atoms with Crippen LogP contribution >= 0.6 is 11.8 Å². The molecule has 11 heteroatoms. The number of aromatic nitrogens is 2. The Labute approximate surface area is 296 Å². The molecular weight excluding hydrogens is 628 g/mol. The molecule has 4 aromatic rings. The predicted octanol–water partition coefficient (Wildman–Crippen LogP) is 7.22. The highest BCUT2D eigenvalue weighted by Crippen LogP contribution is 2.31. The number of benzene rings is 3. The van der Waals surface area contributed by atoms with Gasteiger partial charge in [0.05, 0.1) is 16.5 Å². The van der Waals surface area contributed by atoms with E-state index in [2.05, 4.69) is 4.98 Å². The van der Waals surface area contributed by atoms with Gasteiger partial charge in [-0.1, -0.05) is 74.0 Å². The zero-order valence-electron chi connectivity index (χ0n) is 39.3. The number of likely N-dealkylation sites (N-methyl/N-ethyl adjacent to an activating group) is 1. The van der Waals surface area contributed by atoms with Crippen molar-refractivity contribution in [1.82, 2.24) is 19.4 Å². The smallest absolute Gasteiger partial charge is 0.336 e. The van der Waals surface area contributed by atoms with Gasteiger partial charge in [0.2, 0.25) is 5.91 Å². The zero-order chi connectivity index (χ0) is 45.9. The summed E-state index contributed by atoms with van der Waals surface area (Å²) in [4.78, 5) is 34.9. The first-order valence-corrected chi connectivity index (χ1v) is 15.5. The van der Waals surface area contributed by atoms with Crippen LogP contribution in [0.2, 0.25) is 0 Å². The predicted molar refractivity (Wildman–Crippen MR) is 177 cm³/mol. The molecule has 3 aromatic carbocycles. The van der Waals surface area contributed by atoms with Crippen LogP contribution < -0.4 is 5.56 Å². The summed E-state index contributed by atoms with van der Waals surface area (Å²) in [6.07, 6.45) is -15.1. The van der Waals surface area contributed by atoms with Gasteiger partial charge in [0, 0.05) is 44.9 Å². The largest absolute Gasteiger partial charge is 0.416 e. The number of carbonyl (C=O) groups is 1. The van der Waals surface area contributed by atoms with Crippen molar-refractivity contribution in [2.75, 3.05) is 26.2 Å². The minimum Gasteiger partial charge on any atom is -0.336 e. The summed E-state index contributed by atoms with van der Waals surface area (Å²) >= 11 is 0.795. The quantitative estimate of drug-likeness (QED) is 0.0849. The maximum atomic E-state index is 14.6. The lowest BCUT2D eigenvalue weighted by atomic mass is 10.0. The van der Waals surface area contributed by atoms with E-state index in [1.54, 1.807) is 0 Å². The fraction of sp³-hybridized carbons (Fsp3) is 0.361. The molecule has 248 valence electrons. The highest BCUT2D eigenvalue weighted by atomic mass is 32.2. The average molecular weight is 681 g/mol. The van der Waals surface area contributed by atoms with Gasteiger partial charge in [-0.05, 0) is 78.7 Å². The number of hydrogen-bond acceptors (Lipinski definition) is 5. The van der Waals surface area contributed by atoms with Crippen molar-refractivity contribution in [2.45, 2.75) is 63.1 Å². The number of rotatable bonds is 13. The van der Waals surface area contributed by atoms with E-state index in [1.807, 2.05) is 18.7 Å². The first-order valence-electron chi connectivity index (χ1n) is 21.5. The van der Waals surface area contributed by atoms with E-state index in [4.69, 9.17) is 19.2 Å². The van der Waals surface area contributed by atoms with E-state index in [1.165, 1.54) is 12.1 Å². The minimum absolute atomic E-state index is 0.0219. The van der Waals surface area contributed by atoms with Gasteiger partial charge in [0.15, 0.2) is 5.16 Å².